The Bertz CT molecular complexity index is 369. The lowest BCUT2D eigenvalue weighted by atomic mass is 10.1. The minimum absolute atomic E-state index is 0.0656. The molecule has 0 aliphatic carbocycles. The molecule has 0 aromatic heterocycles. The first kappa shape index (κ1) is 18.2. The number of hydrogen-bond donors (Lipinski definition) is 2. The van der Waals surface area contributed by atoms with E-state index in [9.17, 15) is 9.59 Å². The monoisotopic (exact) mass is 278 g/mol. The van der Waals surface area contributed by atoms with Gasteiger partial charge in [0.1, 0.15) is 0 Å². The molecule has 2 amide bonds. The van der Waals surface area contributed by atoms with Gasteiger partial charge in [-0.1, -0.05) is 40.9 Å². The molecule has 20 heavy (non-hydrogen) atoms. The molecule has 4 nitrogen and oxygen atoms in total. The minimum Gasteiger partial charge on any atom is -0.327 e. The number of carbonyl (C=O) groups is 2. The predicted octanol–water partition coefficient (Wildman–Crippen LogP) is 2.89. The summed E-state index contributed by atoms with van der Waals surface area (Å²) in [4.78, 5) is 23.0. The number of rotatable bonds is 8. The van der Waals surface area contributed by atoms with Crippen LogP contribution in [0.3, 0.4) is 0 Å². The van der Waals surface area contributed by atoms with E-state index in [1.165, 1.54) is 0 Å². The summed E-state index contributed by atoms with van der Waals surface area (Å²) in [6.07, 6.45) is 4.16. The summed E-state index contributed by atoms with van der Waals surface area (Å²) < 4.78 is 0. The molecule has 0 rings (SSSR count). The zero-order valence-electron chi connectivity index (χ0n) is 13.0. The topological polar surface area (TPSA) is 58.2 Å². The van der Waals surface area contributed by atoms with Crippen LogP contribution >= 0.6 is 0 Å². The Kier molecular flexibility index (Phi) is 8.29. The molecule has 0 bridgehead atoms. The Morgan fingerprint density at radius 3 is 1.40 bits per heavy atom. The van der Waals surface area contributed by atoms with Crippen LogP contribution < -0.4 is 10.6 Å². The van der Waals surface area contributed by atoms with Crippen molar-refractivity contribution in [1.29, 1.82) is 0 Å². The summed E-state index contributed by atoms with van der Waals surface area (Å²) in [6, 6.07) is 0. The summed E-state index contributed by atoms with van der Waals surface area (Å²) in [5.41, 5.74) is 0.963. The Morgan fingerprint density at radius 2 is 1.15 bits per heavy atom. The summed E-state index contributed by atoms with van der Waals surface area (Å²) in [5.74, 6) is 0.474. The maximum absolute atomic E-state index is 11.5. The Morgan fingerprint density at radius 1 is 0.850 bits per heavy atom. The van der Waals surface area contributed by atoms with Crippen LogP contribution in [0, 0.1) is 11.8 Å². The molecule has 0 atom stereocenters. The fourth-order valence-corrected chi connectivity index (χ4v) is 1.49. The number of carbonyl (C=O) groups excluding carboxylic acids is 2. The first-order valence-electron chi connectivity index (χ1n) is 6.86. The van der Waals surface area contributed by atoms with Gasteiger partial charge in [0.05, 0.1) is 0 Å². The van der Waals surface area contributed by atoms with Gasteiger partial charge in [-0.25, -0.2) is 0 Å². The lowest BCUT2D eigenvalue weighted by Gasteiger charge is -2.08. The lowest BCUT2D eigenvalue weighted by molar-refractivity contribution is -0.121. The molecule has 0 aromatic carbocycles. The quantitative estimate of drug-likeness (QED) is 0.671. The minimum atomic E-state index is -0.0656. The van der Waals surface area contributed by atoms with Crippen LogP contribution in [0.25, 0.3) is 0 Å². The highest BCUT2D eigenvalue weighted by atomic mass is 16.2. The number of nitrogens with one attached hydrogen (secondary N) is 2. The number of hydrogen-bond acceptors (Lipinski definition) is 2. The first-order valence-corrected chi connectivity index (χ1v) is 6.86. The Labute approximate surface area is 122 Å². The molecule has 0 saturated heterocycles. The van der Waals surface area contributed by atoms with Gasteiger partial charge in [-0.2, -0.15) is 0 Å². The average Bonchev–Trinajstić information content (AvgIpc) is 2.23. The summed E-state index contributed by atoms with van der Waals surface area (Å²) >= 11 is 0. The van der Waals surface area contributed by atoms with Crippen molar-refractivity contribution in [3.63, 3.8) is 0 Å². The molecule has 0 spiro atoms. The van der Waals surface area contributed by atoms with Gasteiger partial charge in [0.2, 0.25) is 11.8 Å². The van der Waals surface area contributed by atoms with Crippen LogP contribution in [-0.4, -0.2) is 11.8 Å². The predicted molar refractivity (Wildman–Crippen MR) is 82.6 cm³/mol. The van der Waals surface area contributed by atoms with E-state index in [1.807, 2.05) is 27.7 Å². The number of amides is 2. The molecule has 0 unspecified atom stereocenters. The second-order valence-electron chi connectivity index (χ2n) is 5.68. The van der Waals surface area contributed by atoms with E-state index in [0.29, 0.717) is 36.1 Å². The van der Waals surface area contributed by atoms with Gasteiger partial charge in [0.15, 0.2) is 0 Å². The van der Waals surface area contributed by atoms with E-state index >= 15 is 0 Å². The van der Waals surface area contributed by atoms with E-state index in [2.05, 4.69) is 23.8 Å². The van der Waals surface area contributed by atoms with Crippen LogP contribution in [0.15, 0.2) is 36.7 Å². The smallest absolute Gasteiger partial charge is 0.224 e. The molecule has 0 fully saturated rings. The second kappa shape index (κ2) is 9.13. The molecule has 112 valence electrons. The summed E-state index contributed by atoms with van der Waals surface area (Å²) in [6.45, 7) is 15.4. The highest BCUT2D eigenvalue weighted by molar-refractivity contribution is 5.79. The van der Waals surface area contributed by atoms with Gasteiger partial charge >= 0.3 is 0 Å². The standard InChI is InChI=1S/C16H26N2O2/c1-11(2)9-15(19)17-13(5)7-8-14(6)18-16(20)10-12(3)4/h7-8,11-12H,5-6,9-10H2,1-4H3,(H,17,19)(H,18,20)/b8-7-. The molecular weight excluding hydrogens is 252 g/mol. The van der Waals surface area contributed by atoms with Gasteiger partial charge in [-0.3, -0.25) is 9.59 Å². The molecule has 0 aromatic rings. The van der Waals surface area contributed by atoms with Crippen molar-refractivity contribution < 1.29 is 9.59 Å². The molecule has 0 heterocycles. The van der Waals surface area contributed by atoms with Gasteiger partial charge in [-0.15, -0.1) is 0 Å². The van der Waals surface area contributed by atoms with Crippen molar-refractivity contribution in [3.05, 3.63) is 36.7 Å². The maximum Gasteiger partial charge on any atom is 0.224 e. The Balaban J connectivity index is 4.15. The van der Waals surface area contributed by atoms with Gasteiger partial charge < -0.3 is 10.6 Å². The van der Waals surface area contributed by atoms with Crippen molar-refractivity contribution in [1.82, 2.24) is 10.6 Å². The van der Waals surface area contributed by atoms with Crippen molar-refractivity contribution in [3.8, 4) is 0 Å². The van der Waals surface area contributed by atoms with Gasteiger partial charge in [0.25, 0.3) is 0 Å². The maximum atomic E-state index is 11.5. The van der Waals surface area contributed by atoms with Crippen LogP contribution in [0.4, 0.5) is 0 Å². The van der Waals surface area contributed by atoms with Crippen LogP contribution in [0.5, 0.6) is 0 Å². The van der Waals surface area contributed by atoms with Crippen LogP contribution in [0.2, 0.25) is 0 Å². The van der Waals surface area contributed by atoms with E-state index in [1.54, 1.807) is 12.2 Å². The number of allylic oxidation sites excluding steroid dienone is 2. The SMILES string of the molecule is C=C(/C=C\C(=C)NC(=O)CC(C)C)NC(=O)CC(C)C. The third-order valence-corrected chi connectivity index (χ3v) is 2.27. The van der Waals surface area contributed by atoms with Crippen molar-refractivity contribution >= 4 is 11.8 Å². The zero-order chi connectivity index (χ0) is 15.7. The van der Waals surface area contributed by atoms with Crippen molar-refractivity contribution in [2.45, 2.75) is 40.5 Å². The normalized spacial score (nSPS) is 10.9. The molecule has 0 aliphatic rings. The van der Waals surface area contributed by atoms with Crippen molar-refractivity contribution in [2.24, 2.45) is 11.8 Å². The van der Waals surface area contributed by atoms with Crippen LogP contribution in [-0.2, 0) is 9.59 Å². The van der Waals surface area contributed by atoms with E-state index in [0.717, 1.165) is 0 Å². The summed E-state index contributed by atoms with van der Waals surface area (Å²) in [5, 5.41) is 5.36. The molecule has 2 N–H and O–H groups in total. The first-order chi connectivity index (χ1) is 9.20. The lowest BCUT2D eigenvalue weighted by Crippen LogP contribution is -2.23. The van der Waals surface area contributed by atoms with Crippen molar-refractivity contribution in [2.75, 3.05) is 0 Å². The largest absolute Gasteiger partial charge is 0.327 e. The molecule has 4 heteroatoms. The fraction of sp³-hybridized carbons (Fsp3) is 0.500. The molecule has 0 saturated carbocycles. The highest BCUT2D eigenvalue weighted by Crippen LogP contribution is 2.02. The third-order valence-electron chi connectivity index (χ3n) is 2.27. The van der Waals surface area contributed by atoms with Gasteiger partial charge in [0, 0.05) is 24.2 Å². The average molecular weight is 278 g/mol. The zero-order valence-corrected chi connectivity index (χ0v) is 13.0. The molecule has 0 aliphatic heterocycles. The molecular formula is C16H26N2O2. The fourth-order valence-electron chi connectivity index (χ4n) is 1.49. The van der Waals surface area contributed by atoms with Gasteiger partial charge in [-0.05, 0) is 24.0 Å². The highest BCUT2D eigenvalue weighted by Gasteiger charge is 2.05. The van der Waals surface area contributed by atoms with E-state index < -0.39 is 0 Å². The Hall–Kier alpha value is -1.84. The van der Waals surface area contributed by atoms with E-state index in [4.69, 9.17) is 0 Å². The van der Waals surface area contributed by atoms with Crippen LogP contribution in [0.1, 0.15) is 40.5 Å². The molecule has 0 radical (unpaired) electrons. The third kappa shape index (κ3) is 10.1. The second-order valence-corrected chi connectivity index (χ2v) is 5.68. The summed E-state index contributed by atoms with van der Waals surface area (Å²) in [7, 11) is 0. The van der Waals surface area contributed by atoms with E-state index in [-0.39, 0.29) is 11.8 Å².